The number of rotatable bonds is 6. The summed E-state index contributed by atoms with van der Waals surface area (Å²) in [6.45, 7) is 0. The van der Waals surface area contributed by atoms with Crippen molar-refractivity contribution in [3.63, 3.8) is 0 Å². The van der Waals surface area contributed by atoms with Crippen molar-refractivity contribution in [3.05, 3.63) is 115 Å². The number of hydrogen-bond donors (Lipinski definition) is 3. The summed E-state index contributed by atoms with van der Waals surface area (Å²) < 4.78 is 13.8. The van der Waals surface area contributed by atoms with Crippen molar-refractivity contribution in [2.24, 2.45) is 0 Å². The fraction of sp³-hybridized carbons (Fsp3) is 0. The van der Waals surface area contributed by atoms with Crippen molar-refractivity contribution in [2.45, 2.75) is 0 Å². The largest absolute Gasteiger partial charge is 0.355 e. The second-order valence-electron chi connectivity index (χ2n) is 7.60. The quantitative estimate of drug-likeness (QED) is 0.275. The molecule has 0 radical (unpaired) electrons. The van der Waals surface area contributed by atoms with Gasteiger partial charge in [0.15, 0.2) is 0 Å². The molecule has 7 heteroatoms. The van der Waals surface area contributed by atoms with E-state index in [1.807, 2.05) is 36.4 Å². The molecule has 3 aromatic carbocycles. The lowest BCUT2D eigenvalue weighted by Gasteiger charge is -2.12. The maximum atomic E-state index is 13.8. The van der Waals surface area contributed by atoms with Crippen LogP contribution in [-0.2, 0) is 0 Å². The van der Waals surface area contributed by atoms with Crippen LogP contribution in [0.25, 0.3) is 10.9 Å². The Balaban J connectivity index is 1.33. The van der Waals surface area contributed by atoms with E-state index < -0.39 is 0 Å². The Morgan fingerprint density at radius 2 is 1.53 bits per heavy atom. The van der Waals surface area contributed by atoms with Crippen LogP contribution in [0.2, 0.25) is 0 Å². The molecule has 0 aliphatic rings. The maximum absolute atomic E-state index is 13.8. The monoisotopic (exact) mass is 449 g/mol. The van der Waals surface area contributed by atoms with Crippen LogP contribution in [0.1, 0.15) is 10.4 Å². The Kier molecular flexibility index (Phi) is 5.82. The number of nitrogens with zero attached hydrogens (tertiary/aromatic N) is 2. The minimum Gasteiger partial charge on any atom is -0.355 e. The number of halogens is 1. The third kappa shape index (κ3) is 4.83. The number of carbonyl (C=O) groups excluding carboxylic acids is 1. The topological polar surface area (TPSA) is 78.9 Å². The van der Waals surface area contributed by atoms with Crippen molar-refractivity contribution >= 4 is 45.4 Å². The molecule has 2 aromatic heterocycles. The van der Waals surface area contributed by atoms with Crippen LogP contribution in [0.4, 0.5) is 33.0 Å². The molecule has 3 N–H and O–H groups in total. The van der Waals surface area contributed by atoms with Crippen LogP contribution in [-0.4, -0.2) is 15.9 Å². The van der Waals surface area contributed by atoms with Crippen LogP contribution in [0, 0.1) is 5.82 Å². The lowest BCUT2D eigenvalue weighted by Crippen LogP contribution is -2.12. The predicted octanol–water partition coefficient (Wildman–Crippen LogP) is 6.51. The SMILES string of the molecule is O=C(Nc1ccnc(Nc2ccccc2)c1)c1cccc(Nc2ccnc3ccc(F)cc23)c1. The molecule has 5 rings (SSSR count). The number of hydrogen-bond acceptors (Lipinski definition) is 5. The number of pyridine rings is 2. The first-order valence-corrected chi connectivity index (χ1v) is 10.6. The highest BCUT2D eigenvalue weighted by molar-refractivity contribution is 6.05. The van der Waals surface area contributed by atoms with E-state index >= 15 is 0 Å². The summed E-state index contributed by atoms with van der Waals surface area (Å²) in [5, 5.41) is 10.0. The minimum atomic E-state index is -0.338. The fourth-order valence-corrected chi connectivity index (χ4v) is 3.57. The predicted molar refractivity (Wildman–Crippen MR) is 133 cm³/mol. The number of nitrogens with one attached hydrogen (secondary N) is 3. The number of para-hydroxylation sites is 1. The number of anilines is 5. The minimum absolute atomic E-state index is 0.258. The summed E-state index contributed by atoms with van der Waals surface area (Å²) in [6, 6.07) is 26.5. The van der Waals surface area contributed by atoms with Gasteiger partial charge >= 0.3 is 0 Å². The molecule has 0 atom stereocenters. The van der Waals surface area contributed by atoms with E-state index in [1.165, 1.54) is 12.1 Å². The number of aromatic nitrogens is 2. The van der Waals surface area contributed by atoms with Gasteiger partial charge in [-0.05, 0) is 60.7 Å². The summed E-state index contributed by atoms with van der Waals surface area (Å²) in [4.78, 5) is 21.5. The number of amides is 1. The van der Waals surface area contributed by atoms with Crippen molar-refractivity contribution in [1.82, 2.24) is 9.97 Å². The Labute approximate surface area is 195 Å². The third-order valence-corrected chi connectivity index (χ3v) is 5.17. The highest BCUT2D eigenvalue weighted by Crippen LogP contribution is 2.26. The van der Waals surface area contributed by atoms with Crippen LogP contribution >= 0.6 is 0 Å². The van der Waals surface area contributed by atoms with Gasteiger partial charge in [-0.3, -0.25) is 9.78 Å². The molecule has 0 spiro atoms. The summed E-state index contributed by atoms with van der Waals surface area (Å²) in [7, 11) is 0. The molecule has 166 valence electrons. The Bertz CT molecular complexity index is 1470. The Morgan fingerprint density at radius 3 is 2.41 bits per heavy atom. The second kappa shape index (κ2) is 9.38. The highest BCUT2D eigenvalue weighted by atomic mass is 19.1. The zero-order chi connectivity index (χ0) is 23.3. The van der Waals surface area contributed by atoms with Crippen LogP contribution in [0.3, 0.4) is 0 Å². The highest BCUT2D eigenvalue weighted by Gasteiger charge is 2.09. The van der Waals surface area contributed by atoms with Crippen molar-refractivity contribution in [3.8, 4) is 0 Å². The van der Waals surface area contributed by atoms with Crippen LogP contribution < -0.4 is 16.0 Å². The number of benzene rings is 3. The van der Waals surface area contributed by atoms with E-state index in [0.717, 1.165) is 5.69 Å². The van der Waals surface area contributed by atoms with E-state index in [2.05, 4.69) is 25.9 Å². The van der Waals surface area contributed by atoms with Crippen LogP contribution in [0.5, 0.6) is 0 Å². The van der Waals surface area contributed by atoms with E-state index in [-0.39, 0.29) is 11.7 Å². The lowest BCUT2D eigenvalue weighted by molar-refractivity contribution is 0.102. The zero-order valence-electron chi connectivity index (χ0n) is 18.0. The number of fused-ring (bicyclic) bond motifs is 1. The van der Waals surface area contributed by atoms with Gasteiger partial charge in [0, 0.05) is 52.2 Å². The van der Waals surface area contributed by atoms with Gasteiger partial charge in [-0.2, -0.15) is 0 Å². The molecule has 0 aliphatic heterocycles. The summed E-state index contributed by atoms with van der Waals surface area (Å²) in [5.74, 6) is 0.0255. The molecule has 1 amide bonds. The van der Waals surface area contributed by atoms with Gasteiger partial charge in [-0.1, -0.05) is 24.3 Å². The first kappa shape index (κ1) is 21.1. The Morgan fingerprint density at radius 1 is 0.706 bits per heavy atom. The summed E-state index contributed by atoms with van der Waals surface area (Å²) in [5.41, 5.74) is 4.08. The lowest BCUT2D eigenvalue weighted by atomic mass is 10.1. The van der Waals surface area contributed by atoms with E-state index in [1.54, 1.807) is 54.9 Å². The van der Waals surface area contributed by atoms with Gasteiger partial charge in [0.2, 0.25) is 0 Å². The second-order valence-corrected chi connectivity index (χ2v) is 7.60. The molecule has 0 fully saturated rings. The van der Waals surface area contributed by atoms with Crippen LogP contribution in [0.15, 0.2) is 103 Å². The van der Waals surface area contributed by atoms with Gasteiger partial charge in [0.1, 0.15) is 11.6 Å². The Hall–Kier alpha value is -4.78. The summed E-state index contributed by atoms with van der Waals surface area (Å²) in [6.07, 6.45) is 3.29. The fourth-order valence-electron chi connectivity index (χ4n) is 3.57. The van der Waals surface area contributed by atoms with Gasteiger partial charge in [-0.15, -0.1) is 0 Å². The average molecular weight is 449 g/mol. The zero-order valence-corrected chi connectivity index (χ0v) is 18.0. The maximum Gasteiger partial charge on any atom is 0.255 e. The van der Waals surface area contributed by atoms with Crippen molar-refractivity contribution in [2.75, 3.05) is 16.0 Å². The molecule has 0 aliphatic carbocycles. The first-order valence-electron chi connectivity index (χ1n) is 10.6. The number of carbonyl (C=O) groups is 1. The van der Waals surface area contributed by atoms with E-state index in [9.17, 15) is 9.18 Å². The smallest absolute Gasteiger partial charge is 0.255 e. The third-order valence-electron chi connectivity index (χ3n) is 5.17. The molecule has 0 bridgehead atoms. The molecular weight excluding hydrogens is 429 g/mol. The average Bonchev–Trinajstić information content (AvgIpc) is 2.85. The molecular formula is C27H20FN5O. The summed E-state index contributed by atoms with van der Waals surface area (Å²) >= 11 is 0. The first-order chi connectivity index (χ1) is 16.6. The van der Waals surface area contributed by atoms with Gasteiger partial charge in [0.05, 0.1) is 5.52 Å². The molecule has 0 unspecified atom stereocenters. The van der Waals surface area contributed by atoms with E-state index in [4.69, 9.17) is 0 Å². The van der Waals surface area contributed by atoms with Gasteiger partial charge in [0.25, 0.3) is 5.91 Å². The molecule has 34 heavy (non-hydrogen) atoms. The molecule has 2 heterocycles. The van der Waals surface area contributed by atoms with E-state index in [0.29, 0.717) is 39.3 Å². The van der Waals surface area contributed by atoms with Gasteiger partial charge in [-0.25, -0.2) is 9.37 Å². The normalized spacial score (nSPS) is 10.6. The van der Waals surface area contributed by atoms with Crippen molar-refractivity contribution < 1.29 is 9.18 Å². The molecule has 0 saturated carbocycles. The molecule has 6 nitrogen and oxygen atoms in total. The standard InChI is InChI=1S/C27H20FN5O/c28-19-9-10-24-23(16-19)25(12-14-29-24)31-21-8-4-5-18(15-21)27(34)33-22-11-13-30-26(17-22)32-20-6-2-1-3-7-20/h1-17H,(H,29,31)(H2,30,32,33,34). The van der Waals surface area contributed by atoms with Crippen molar-refractivity contribution in [1.29, 1.82) is 0 Å². The van der Waals surface area contributed by atoms with Gasteiger partial charge < -0.3 is 16.0 Å². The molecule has 0 saturated heterocycles. The molecule has 5 aromatic rings.